The van der Waals surface area contributed by atoms with Gasteiger partial charge in [-0.1, -0.05) is 18.2 Å². The lowest BCUT2D eigenvalue weighted by atomic mass is 9.99. The van der Waals surface area contributed by atoms with Gasteiger partial charge in [-0.25, -0.2) is 4.79 Å². The van der Waals surface area contributed by atoms with Gasteiger partial charge < -0.3 is 36.7 Å². The first-order chi connectivity index (χ1) is 15.8. The number of carbonyl (C=O) groups excluding carboxylic acids is 2. The number of carboxylic acid groups (broad SMARTS) is 2. The molecule has 0 radical (unpaired) electrons. The first kappa shape index (κ1) is 24.7. The average Bonchev–Trinajstić information content (AvgIpc) is 2.80. The van der Waals surface area contributed by atoms with Gasteiger partial charge in [-0.3, -0.25) is 14.4 Å². The summed E-state index contributed by atoms with van der Waals surface area (Å²) < 4.78 is 5.06. The predicted octanol–water partition coefficient (Wildman–Crippen LogP) is 0.178. The summed E-state index contributed by atoms with van der Waals surface area (Å²) >= 11 is 0. The van der Waals surface area contributed by atoms with Gasteiger partial charge in [0.2, 0.25) is 5.91 Å². The van der Waals surface area contributed by atoms with E-state index in [1.54, 1.807) is 18.2 Å². The molecule has 7 N–H and O–H groups in total. The minimum atomic E-state index is -1.19. The maximum Gasteiger partial charge on any atom is 0.341 e. The fourth-order valence-electron chi connectivity index (χ4n) is 2.72. The molecule has 2 aromatic rings. The molecule has 0 aliphatic rings. The highest BCUT2D eigenvalue weighted by Crippen LogP contribution is 2.21. The number of hydrazone groups is 1. The van der Waals surface area contributed by atoms with E-state index in [0.717, 1.165) is 0 Å². The Kier molecular flexibility index (Phi) is 9.19. The SMILES string of the molecule is NN=CNc1cccc(C(=O)NCC(=O)NCC(C(=O)O)c2cccc(OCC(=O)O)c2)c1. The Labute approximate surface area is 188 Å². The van der Waals surface area contributed by atoms with Crippen molar-refractivity contribution in [1.82, 2.24) is 10.6 Å². The van der Waals surface area contributed by atoms with Gasteiger partial charge in [-0.05, 0) is 35.9 Å². The molecule has 0 saturated heterocycles. The van der Waals surface area contributed by atoms with Gasteiger partial charge in [-0.15, -0.1) is 0 Å². The molecule has 0 saturated carbocycles. The van der Waals surface area contributed by atoms with Crippen LogP contribution in [0.15, 0.2) is 53.6 Å². The van der Waals surface area contributed by atoms with E-state index in [1.165, 1.54) is 36.7 Å². The molecule has 2 rings (SSSR count). The molecular weight excluding hydrogens is 434 g/mol. The summed E-state index contributed by atoms with van der Waals surface area (Å²) in [5.74, 6) is 0.641. The Hall–Kier alpha value is -4.61. The number of aliphatic carboxylic acids is 2. The van der Waals surface area contributed by atoms with Crippen molar-refractivity contribution in [1.29, 1.82) is 0 Å². The van der Waals surface area contributed by atoms with Crippen LogP contribution in [0.1, 0.15) is 21.8 Å². The second-order valence-corrected chi connectivity index (χ2v) is 6.64. The third-order valence-electron chi connectivity index (χ3n) is 4.26. The molecule has 0 aliphatic carbocycles. The molecule has 12 nitrogen and oxygen atoms in total. The lowest BCUT2D eigenvalue weighted by Crippen LogP contribution is -2.39. The van der Waals surface area contributed by atoms with Crippen LogP contribution in [0.2, 0.25) is 0 Å². The van der Waals surface area contributed by atoms with Crippen LogP contribution in [-0.2, 0) is 14.4 Å². The van der Waals surface area contributed by atoms with Crippen LogP contribution >= 0.6 is 0 Å². The molecule has 0 aromatic heterocycles. The van der Waals surface area contributed by atoms with Crippen molar-refractivity contribution in [2.24, 2.45) is 10.9 Å². The van der Waals surface area contributed by atoms with Gasteiger partial charge in [0.1, 0.15) is 12.1 Å². The molecule has 0 aliphatic heterocycles. The van der Waals surface area contributed by atoms with E-state index in [9.17, 15) is 24.3 Å². The first-order valence-electron chi connectivity index (χ1n) is 9.60. The molecule has 12 heteroatoms. The third kappa shape index (κ3) is 8.20. The number of hydrogen-bond acceptors (Lipinski definition) is 7. The van der Waals surface area contributed by atoms with E-state index < -0.39 is 36.3 Å². The summed E-state index contributed by atoms with van der Waals surface area (Å²) in [6.45, 7) is -1.18. The molecule has 0 heterocycles. The van der Waals surface area contributed by atoms with Crippen molar-refractivity contribution in [3.05, 3.63) is 59.7 Å². The normalized spacial score (nSPS) is 11.4. The van der Waals surface area contributed by atoms with Gasteiger partial charge in [-0.2, -0.15) is 5.10 Å². The summed E-state index contributed by atoms with van der Waals surface area (Å²) in [7, 11) is 0. The summed E-state index contributed by atoms with van der Waals surface area (Å²) in [6.07, 6.45) is 1.25. The molecule has 1 atom stereocenters. The molecular formula is C21H23N5O7. The topological polar surface area (TPSA) is 192 Å². The number of rotatable bonds is 12. The fourth-order valence-corrected chi connectivity index (χ4v) is 2.72. The minimum absolute atomic E-state index is 0.189. The van der Waals surface area contributed by atoms with E-state index in [-0.39, 0.29) is 18.8 Å². The van der Waals surface area contributed by atoms with Crippen molar-refractivity contribution >= 4 is 35.8 Å². The second-order valence-electron chi connectivity index (χ2n) is 6.64. The van der Waals surface area contributed by atoms with Crippen molar-refractivity contribution in [2.45, 2.75) is 5.92 Å². The Morgan fingerprint density at radius 2 is 1.82 bits per heavy atom. The Balaban J connectivity index is 1.91. The minimum Gasteiger partial charge on any atom is -0.482 e. The quantitative estimate of drug-likeness (QED) is 0.112. The van der Waals surface area contributed by atoms with Crippen LogP contribution in [-0.4, -0.2) is 60.0 Å². The summed E-state index contributed by atoms with van der Waals surface area (Å²) in [6, 6.07) is 12.3. The van der Waals surface area contributed by atoms with Crippen LogP contribution in [0.25, 0.3) is 0 Å². The first-order valence-corrected chi connectivity index (χ1v) is 9.60. The number of hydrogen-bond donors (Lipinski definition) is 6. The van der Waals surface area contributed by atoms with Crippen LogP contribution in [0.4, 0.5) is 5.69 Å². The number of nitrogens with two attached hydrogens (primary N) is 1. The Morgan fingerprint density at radius 1 is 1.06 bits per heavy atom. The Morgan fingerprint density at radius 3 is 2.52 bits per heavy atom. The monoisotopic (exact) mass is 457 g/mol. The van der Waals surface area contributed by atoms with Gasteiger partial charge in [0.05, 0.1) is 12.5 Å². The number of ether oxygens (including phenoxy) is 1. The van der Waals surface area contributed by atoms with E-state index in [1.807, 2.05) is 0 Å². The summed E-state index contributed by atoms with van der Waals surface area (Å²) in [5, 5.41) is 29.2. The molecule has 2 aromatic carbocycles. The van der Waals surface area contributed by atoms with Crippen molar-refractivity contribution in [3.63, 3.8) is 0 Å². The van der Waals surface area contributed by atoms with E-state index >= 15 is 0 Å². The van der Waals surface area contributed by atoms with Crippen LogP contribution in [0.5, 0.6) is 5.75 Å². The van der Waals surface area contributed by atoms with Gasteiger partial charge in [0.15, 0.2) is 6.61 Å². The zero-order chi connectivity index (χ0) is 24.2. The number of carbonyl (C=O) groups is 4. The number of nitrogens with one attached hydrogen (secondary N) is 3. The number of benzene rings is 2. The maximum absolute atomic E-state index is 12.3. The van der Waals surface area contributed by atoms with Gasteiger partial charge in [0, 0.05) is 17.8 Å². The molecule has 33 heavy (non-hydrogen) atoms. The maximum atomic E-state index is 12.3. The van der Waals surface area contributed by atoms with Gasteiger partial charge in [0.25, 0.3) is 5.91 Å². The largest absolute Gasteiger partial charge is 0.482 e. The Bertz CT molecular complexity index is 1040. The van der Waals surface area contributed by atoms with Crippen LogP contribution in [0.3, 0.4) is 0 Å². The average molecular weight is 457 g/mol. The molecule has 0 fully saturated rings. The van der Waals surface area contributed by atoms with E-state index in [4.69, 9.17) is 15.7 Å². The zero-order valence-electron chi connectivity index (χ0n) is 17.4. The fraction of sp³-hybridized carbons (Fsp3) is 0.190. The molecule has 2 amide bonds. The highest BCUT2D eigenvalue weighted by molar-refractivity contribution is 5.97. The highest BCUT2D eigenvalue weighted by Gasteiger charge is 2.21. The lowest BCUT2D eigenvalue weighted by Gasteiger charge is -2.15. The van der Waals surface area contributed by atoms with E-state index in [0.29, 0.717) is 16.8 Å². The smallest absolute Gasteiger partial charge is 0.341 e. The molecule has 0 spiro atoms. The van der Waals surface area contributed by atoms with Gasteiger partial charge >= 0.3 is 11.9 Å². The predicted molar refractivity (Wildman–Crippen MR) is 118 cm³/mol. The van der Waals surface area contributed by atoms with Crippen LogP contribution < -0.4 is 26.5 Å². The third-order valence-corrected chi connectivity index (χ3v) is 4.26. The highest BCUT2D eigenvalue weighted by atomic mass is 16.5. The molecule has 174 valence electrons. The van der Waals surface area contributed by atoms with Crippen molar-refractivity contribution < 1.29 is 34.1 Å². The molecule has 0 bridgehead atoms. The standard InChI is InChI=1S/C21H23N5O7/c22-26-12-25-15-5-1-4-14(7-15)20(30)24-10-18(27)23-9-17(21(31)32)13-3-2-6-16(8-13)33-11-19(28)29/h1-8,12,17H,9-11,22H2,(H,23,27)(H,24,30)(H,25,26)(H,28,29)(H,31,32). The van der Waals surface area contributed by atoms with E-state index in [2.05, 4.69) is 21.1 Å². The van der Waals surface area contributed by atoms with Crippen molar-refractivity contribution in [2.75, 3.05) is 25.0 Å². The van der Waals surface area contributed by atoms with Crippen LogP contribution in [0, 0.1) is 0 Å². The summed E-state index contributed by atoms with van der Waals surface area (Å²) in [4.78, 5) is 46.7. The lowest BCUT2D eigenvalue weighted by molar-refractivity contribution is -0.140. The number of anilines is 1. The van der Waals surface area contributed by atoms with Crippen molar-refractivity contribution in [3.8, 4) is 5.75 Å². The number of nitrogens with zero attached hydrogens (tertiary/aromatic N) is 1. The number of carboxylic acids is 2. The summed E-state index contributed by atoms with van der Waals surface area (Å²) in [5.41, 5.74) is 1.18. The second kappa shape index (κ2) is 12.3. The molecule has 1 unspecified atom stereocenters. The zero-order valence-corrected chi connectivity index (χ0v) is 17.4. The number of amides is 2.